The summed E-state index contributed by atoms with van der Waals surface area (Å²) in [6.45, 7) is 1.13. The maximum atomic E-state index is 13.8. The van der Waals surface area contributed by atoms with Gasteiger partial charge >= 0.3 is 0 Å². The summed E-state index contributed by atoms with van der Waals surface area (Å²) in [6.07, 6.45) is 3.11. The Hall–Kier alpha value is -3.89. The number of hydrogen-bond donors (Lipinski definition) is 2. The Morgan fingerprint density at radius 1 is 1.27 bits per heavy atom. The van der Waals surface area contributed by atoms with E-state index in [1.165, 1.54) is 22.8 Å². The lowest BCUT2D eigenvalue weighted by atomic mass is 10.1. The second-order valence-corrected chi connectivity index (χ2v) is 8.04. The van der Waals surface area contributed by atoms with E-state index in [1.54, 1.807) is 17.0 Å². The van der Waals surface area contributed by atoms with Crippen LogP contribution in [0.25, 0.3) is 11.7 Å². The lowest BCUT2D eigenvalue weighted by Crippen LogP contribution is -2.24. The van der Waals surface area contributed by atoms with Crippen LogP contribution in [-0.4, -0.2) is 57.2 Å². The highest BCUT2D eigenvalue weighted by atomic mass is 19.1. The summed E-state index contributed by atoms with van der Waals surface area (Å²) < 4.78 is 28.8. The van der Waals surface area contributed by atoms with Gasteiger partial charge in [0.05, 0.1) is 19.2 Å². The molecule has 2 aliphatic heterocycles. The summed E-state index contributed by atoms with van der Waals surface area (Å²) in [5.74, 6) is -0.354. The normalized spacial score (nSPS) is 19.6. The van der Waals surface area contributed by atoms with E-state index in [9.17, 15) is 18.4 Å². The van der Waals surface area contributed by atoms with E-state index >= 15 is 0 Å². The third-order valence-electron chi connectivity index (χ3n) is 5.61. The zero-order chi connectivity index (χ0) is 22.9. The van der Waals surface area contributed by atoms with Crippen molar-refractivity contribution < 1.29 is 18.4 Å². The number of nitrogens with zero attached hydrogens (tertiary/aromatic N) is 5. The zero-order valence-electron chi connectivity index (χ0n) is 17.6. The molecule has 2 aromatic heterocycles. The first-order chi connectivity index (χ1) is 16.0. The van der Waals surface area contributed by atoms with Crippen LogP contribution >= 0.6 is 0 Å². The van der Waals surface area contributed by atoms with Gasteiger partial charge in [-0.2, -0.15) is 19.6 Å². The minimum atomic E-state index is -0.950. The van der Waals surface area contributed by atoms with Gasteiger partial charge in [0, 0.05) is 24.2 Å². The molecule has 33 heavy (non-hydrogen) atoms. The number of imide groups is 1. The molecule has 2 saturated heterocycles. The molecule has 2 fully saturated rings. The number of aromatic nitrogens is 4. The molecule has 0 radical (unpaired) electrons. The molecular weight excluding hydrogens is 432 g/mol. The third kappa shape index (κ3) is 4.38. The van der Waals surface area contributed by atoms with Crippen LogP contribution in [0.1, 0.15) is 24.0 Å². The predicted octanol–water partition coefficient (Wildman–Crippen LogP) is 1.90. The molecule has 1 aromatic carbocycles. The average molecular weight is 453 g/mol. The molecule has 0 aliphatic carbocycles. The van der Waals surface area contributed by atoms with Gasteiger partial charge in [-0.25, -0.2) is 8.78 Å². The molecule has 0 spiro atoms. The first-order valence-corrected chi connectivity index (χ1v) is 10.6. The smallest absolute Gasteiger partial charge is 0.254 e. The lowest BCUT2D eigenvalue weighted by Gasteiger charge is -2.17. The SMILES string of the molecule is O=C1C/C(=C\c2cnn3c(NCCc4cccc(F)c4)nc(N4CC[C@H](F)C4)nc23)C(=O)N1. The number of carbonyl (C=O) groups is 2. The van der Waals surface area contributed by atoms with Gasteiger partial charge in [-0.1, -0.05) is 12.1 Å². The molecule has 170 valence electrons. The molecule has 0 bridgehead atoms. The summed E-state index contributed by atoms with van der Waals surface area (Å²) >= 11 is 0. The minimum absolute atomic E-state index is 0.0114. The second kappa shape index (κ2) is 8.57. The molecule has 5 rings (SSSR count). The summed E-state index contributed by atoms with van der Waals surface area (Å²) in [7, 11) is 0. The number of carbonyl (C=O) groups excluding carboxylic acids is 2. The number of halogens is 2. The highest BCUT2D eigenvalue weighted by molar-refractivity contribution is 6.15. The Morgan fingerprint density at radius 3 is 2.88 bits per heavy atom. The van der Waals surface area contributed by atoms with Gasteiger partial charge in [0.25, 0.3) is 5.91 Å². The Balaban J connectivity index is 1.47. The monoisotopic (exact) mass is 453 g/mol. The van der Waals surface area contributed by atoms with Gasteiger partial charge < -0.3 is 10.2 Å². The Labute approximate surface area is 187 Å². The largest absolute Gasteiger partial charge is 0.354 e. The molecule has 2 aliphatic rings. The Bertz CT molecular complexity index is 1270. The van der Waals surface area contributed by atoms with Crippen molar-refractivity contribution in [1.82, 2.24) is 24.9 Å². The highest BCUT2D eigenvalue weighted by Gasteiger charge is 2.27. The van der Waals surface area contributed by atoms with Crippen molar-refractivity contribution in [2.45, 2.75) is 25.4 Å². The third-order valence-corrected chi connectivity index (χ3v) is 5.61. The molecule has 2 amide bonds. The van der Waals surface area contributed by atoms with Crippen LogP contribution < -0.4 is 15.5 Å². The fourth-order valence-electron chi connectivity index (χ4n) is 3.96. The van der Waals surface area contributed by atoms with Crippen LogP contribution in [-0.2, 0) is 16.0 Å². The lowest BCUT2D eigenvalue weighted by molar-refractivity contribution is -0.124. The van der Waals surface area contributed by atoms with E-state index in [0.29, 0.717) is 54.6 Å². The number of benzene rings is 1. The van der Waals surface area contributed by atoms with Crippen molar-refractivity contribution in [3.8, 4) is 0 Å². The topological polar surface area (TPSA) is 105 Å². The van der Waals surface area contributed by atoms with Gasteiger partial charge in [0.2, 0.25) is 17.8 Å². The van der Waals surface area contributed by atoms with Gasteiger partial charge in [0.1, 0.15) is 12.0 Å². The number of fused-ring (bicyclic) bond motifs is 1. The standard InChI is InChI=1S/C22H21F2N7O2/c23-16-3-1-2-13(8-16)4-6-25-21-29-22(30-7-5-17(24)12-30)28-19-15(11-26-31(19)21)9-14-10-18(32)27-20(14)33/h1-3,8-9,11,17H,4-7,10,12H2,(H,25,28,29)(H,27,32,33)/b14-9+/t17-/m0/s1. The Kier molecular flexibility index (Phi) is 5.45. The molecule has 9 nitrogen and oxygen atoms in total. The van der Waals surface area contributed by atoms with Crippen molar-refractivity contribution in [2.24, 2.45) is 0 Å². The van der Waals surface area contributed by atoms with Crippen LogP contribution in [0.4, 0.5) is 20.7 Å². The Morgan fingerprint density at radius 2 is 2.15 bits per heavy atom. The summed E-state index contributed by atoms with van der Waals surface area (Å²) in [6, 6.07) is 6.36. The molecule has 2 N–H and O–H groups in total. The van der Waals surface area contributed by atoms with Gasteiger partial charge in [0.15, 0.2) is 5.65 Å². The maximum Gasteiger partial charge on any atom is 0.254 e. The van der Waals surface area contributed by atoms with Gasteiger partial charge in [-0.05, 0) is 36.6 Å². The van der Waals surface area contributed by atoms with Gasteiger partial charge in [-0.15, -0.1) is 0 Å². The van der Waals surface area contributed by atoms with Crippen molar-refractivity contribution in [1.29, 1.82) is 0 Å². The van der Waals surface area contributed by atoms with E-state index in [2.05, 4.69) is 25.7 Å². The molecule has 0 unspecified atom stereocenters. The number of amides is 2. The average Bonchev–Trinajstić information content (AvgIpc) is 3.47. The van der Waals surface area contributed by atoms with Crippen molar-refractivity contribution in [2.75, 3.05) is 29.9 Å². The van der Waals surface area contributed by atoms with Crippen molar-refractivity contribution >= 4 is 35.4 Å². The summed E-state index contributed by atoms with van der Waals surface area (Å²) in [5.41, 5.74) is 2.12. The van der Waals surface area contributed by atoms with E-state index in [0.717, 1.165) is 5.56 Å². The zero-order valence-corrected chi connectivity index (χ0v) is 17.6. The van der Waals surface area contributed by atoms with E-state index in [1.807, 2.05) is 6.07 Å². The van der Waals surface area contributed by atoms with Crippen LogP contribution in [0.3, 0.4) is 0 Å². The number of alkyl halides is 1. The second-order valence-electron chi connectivity index (χ2n) is 8.04. The van der Waals surface area contributed by atoms with Gasteiger partial charge in [-0.3, -0.25) is 14.9 Å². The number of hydrogen-bond acceptors (Lipinski definition) is 7. The van der Waals surface area contributed by atoms with Crippen LogP contribution in [0.15, 0.2) is 36.0 Å². The molecule has 4 heterocycles. The molecular formula is C22H21F2N7O2. The van der Waals surface area contributed by atoms with E-state index in [4.69, 9.17) is 0 Å². The number of anilines is 2. The number of nitrogens with one attached hydrogen (secondary N) is 2. The molecule has 1 atom stereocenters. The van der Waals surface area contributed by atoms with Crippen molar-refractivity contribution in [3.05, 3.63) is 53.0 Å². The quantitative estimate of drug-likeness (QED) is 0.434. The summed E-state index contributed by atoms with van der Waals surface area (Å²) in [5, 5.41) is 9.80. The summed E-state index contributed by atoms with van der Waals surface area (Å²) in [4.78, 5) is 34.4. The first kappa shape index (κ1) is 21.0. The van der Waals surface area contributed by atoms with E-state index in [-0.39, 0.29) is 24.7 Å². The van der Waals surface area contributed by atoms with Crippen molar-refractivity contribution in [3.63, 3.8) is 0 Å². The first-order valence-electron chi connectivity index (χ1n) is 10.6. The molecule has 3 aromatic rings. The minimum Gasteiger partial charge on any atom is -0.354 e. The van der Waals surface area contributed by atoms with E-state index < -0.39 is 12.1 Å². The molecule has 0 saturated carbocycles. The fourth-order valence-corrected chi connectivity index (χ4v) is 3.96. The predicted molar refractivity (Wildman–Crippen MR) is 117 cm³/mol. The van der Waals surface area contributed by atoms with Crippen LogP contribution in [0, 0.1) is 5.82 Å². The number of rotatable bonds is 6. The van der Waals surface area contributed by atoms with Crippen LogP contribution in [0.2, 0.25) is 0 Å². The molecule has 11 heteroatoms. The van der Waals surface area contributed by atoms with Crippen LogP contribution in [0.5, 0.6) is 0 Å². The highest BCUT2D eigenvalue weighted by Crippen LogP contribution is 2.24. The maximum absolute atomic E-state index is 13.8. The fraction of sp³-hybridized carbons (Fsp3) is 0.318.